The van der Waals surface area contributed by atoms with Crippen LogP contribution in [0.4, 0.5) is 4.79 Å². The molecule has 0 unspecified atom stereocenters. The van der Waals surface area contributed by atoms with Gasteiger partial charge in [-0.3, -0.25) is 19.1 Å². The monoisotopic (exact) mass is 568 g/mol. The number of ether oxygens (including phenoxy) is 1. The van der Waals surface area contributed by atoms with Crippen LogP contribution in [-0.2, 0) is 29.1 Å². The number of carbonyl (C=O) groups excluding carboxylic acids is 4. The van der Waals surface area contributed by atoms with Crippen molar-refractivity contribution >= 4 is 33.8 Å². The van der Waals surface area contributed by atoms with Gasteiger partial charge < -0.3 is 20.7 Å². The molecule has 3 atom stereocenters. The van der Waals surface area contributed by atoms with Gasteiger partial charge in [-0.05, 0) is 85.5 Å². The van der Waals surface area contributed by atoms with Gasteiger partial charge in [0.05, 0.1) is 10.7 Å². The molecule has 1 saturated heterocycles. The molecule has 0 bridgehead atoms. The number of allylic oxidation sites excluding steroid dienone is 1. The number of alkyl carbamates (subject to hydrolysis) is 1. The number of amides is 4. The summed E-state index contributed by atoms with van der Waals surface area (Å²) in [7, 11) is -3.63. The van der Waals surface area contributed by atoms with Crippen molar-refractivity contribution in [1.82, 2.24) is 14.9 Å². The summed E-state index contributed by atoms with van der Waals surface area (Å²) in [6, 6.07) is -1.49. The van der Waals surface area contributed by atoms with E-state index in [1.165, 1.54) is 4.90 Å². The van der Waals surface area contributed by atoms with Gasteiger partial charge in [0.25, 0.3) is 0 Å². The lowest BCUT2D eigenvalue weighted by atomic mass is 9.78. The average Bonchev–Trinajstić information content (AvgIpc) is 3.36. The van der Waals surface area contributed by atoms with Crippen molar-refractivity contribution < 1.29 is 32.3 Å². The van der Waals surface area contributed by atoms with E-state index in [-0.39, 0.29) is 11.8 Å². The van der Waals surface area contributed by atoms with Crippen LogP contribution in [0.15, 0.2) is 11.6 Å². The van der Waals surface area contributed by atoms with E-state index in [4.69, 9.17) is 10.5 Å². The molecular formula is C27H44N4O7S. The molecule has 3 fully saturated rings. The van der Waals surface area contributed by atoms with Gasteiger partial charge >= 0.3 is 6.09 Å². The highest BCUT2D eigenvalue weighted by molar-refractivity contribution is 7.91. The summed E-state index contributed by atoms with van der Waals surface area (Å²) in [5, 5.41) is 2.68. The summed E-state index contributed by atoms with van der Waals surface area (Å²) in [6.07, 6.45) is 8.48. The standard InChI is InChI=1S/C27H44N4O7S/c1-26(2,3)38-25(35)29-20(24(34)31-17-9-12-21(31)22(28)32)11-8-6-5-7-10-18-13-14-19(18)23(33)30-39(36,37)27(4)15-16-27/h10,19-21H,5-9,11-17H2,1-4H3,(H2,28,32)(H,29,35)(H,30,33)/b18-10-/t19-,20-,21-/m0/s1. The SMILES string of the molecule is CC(C)(C)OC(=O)N[C@@H](CCCCC/C=C1/CC[C@@H]1C(=O)NS(=O)(=O)C1(C)CC1)C(=O)N1CCC[C@H]1C(N)=O. The lowest BCUT2D eigenvalue weighted by Crippen LogP contribution is -2.53. The molecule has 11 nitrogen and oxygen atoms in total. The normalized spacial score (nSPS) is 24.0. The van der Waals surface area contributed by atoms with Crippen molar-refractivity contribution in [3.63, 3.8) is 0 Å². The van der Waals surface area contributed by atoms with Crippen LogP contribution in [0.1, 0.15) is 98.3 Å². The average molecular weight is 569 g/mol. The number of nitrogens with two attached hydrogens (primary N) is 1. The minimum absolute atomic E-state index is 0.331. The lowest BCUT2D eigenvalue weighted by molar-refractivity contribution is -0.139. The van der Waals surface area contributed by atoms with E-state index in [0.29, 0.717) is 51.5 Å². The molecule has 0 aromatic carbocycles. The highest BCUT2D eigenvalue weighted by Gasteiger charge is 2.51. The Morgan fingerprint density at radius 2 is 1.85 bits per heavy atom. The van der Waals surface area contributed by atoms with Crippen LogP contribution in [0.2, 0.25) is 0 Å². The van der Waals surface area contributed by atoms with Gasteiger partial charge in [0.15, 0.2) is 0 Å². The molecule has 39 heavy (non-hydrogen) atoms. The first-order valence-corrected chi connectivity index (χ1v) is 15.5. The maximum absolute atomic E-state index is 13.2. The van der Waals surface area contributed by atoms with Crippen molar-refractivity contribution in [1.29, 1.82) is 0 Å². The third kappa shape index (κ3) is 8.18. The number of nitrogens with zero attached hydrogens (tertiary/aromatic N) is 1. The molecule has 0 radical (unpaired) electrons. The van der Waals surface area contributed by atoms with E-state index < -0.39 is 50.4 Å². The maximum Gasteiger partial charge on any atom is 0.408 e. The first-order valence-electron chi connectivity index (χ1n) is 14.0. The topological polar surface area (TPSA) is 165 Å². The summed E-state index contributed by atoms with van der Waals surface area (Å²) < 4.78 is 31.5. The Morgan fingerprint density at radius 3 is 2.41 bits per heavy atom. The van der Waals surface area contributed by atoms with Crippen LogP contribution in [-0.4, -0.2) is 66.1 Å². The van der Waals surface area contributed by atoms with Gasteiger partial charge in [-0.2, -0.15) is 0 Å². The fraction of sp³-hybridized carbons (Fsp3) is 0.778. The first-order chi connectivity index (χ1) is 18.1. The zero-order valence-corrected chi connectivity index (χ0v) is 24.4. The predicted octanol–water partition coefficient (Wildman–Crippen LogP) is 2.64. The second kappa shape index (κ2) is 12.3. The minimum atomic E-state index is -3.63. The molecule has 220 valence electrons. The van der Waals surface area contributed by atoms with Gasteiger partial charge in [-0.25, -0.2) is 13.2 Å². The number of hydrogen-bond donors (Lipinski definition) is 3. The molecule has 2 saturated carbocycles. The molecule has 1 aliphatic heterocycles. The van der Waals surface area contributed by atoms with Crippen molar-refractivity contribution in [2.75, 3.05) is 6.54 Å². The molecule has 3 aliphatic rings. The van der Waals surface area contributed by atoms with Crippen LogP contribution >= 0.6 is 0 Å². The molecule has 4 N–H and O–H groups in total. The van der Waals surface area contributed by atoms with Crippen LogP contribution in [0.5, 0.6) is 0 Å². The highest BCUT2D eigenvalue weighted by Crippen LogP contribution is 2.43. The number of likely N-dealkylation sites (tertiary alicyclic amines) is 1. The fourth-order valence-electron chi connectivity index (χ4n) is 4.96. The summed E-state index contributed by atoms with van der Waals surface area (Å²) >= 11 is 0. The zero-order chi connectivity index (χ0) is 29.0. The van der Waals surface area contributed by atoms with Crippen LogP contribution < -0.4 is 15.8 Å². The van der Waals surface area contributed by atoms with E-state index in [1.807, 2.05) is 6.08 Å². The Hall–Kier alpha value is -2.63. The quantitative estimate of drug-likeness (QED) is 0.240. The number of unbranched alkanes of at least 4 members (excludes halogenated alkanes) is 3. The Morgan fingerprint density at radius 1 is 1.15 bits per heavy atom. The van der Waals surface area contributed by atoms with E-state index >= 15 is 0 Å². The third-order valence-electron chi connectivity index (χ3n) is 7.78. The van der Waals surface area contributed by atoms with Gasteiger partial charge in [-0.1, -0.05) is 24.5 Å². The molecule has 0 aromatic heterocycles. The highest BCUT2D eigenvalue weighted by atomic mass is 32.2. The Bertz CT molecular complexity index is 1090. The smallest absolute Gasteiger partial charge is 0.408 e. The second-order valence-corrected chi connectivity index (χ2v) is 14.4. The van der Waals surface area contributed by atoms with Crippen molar-refractivity contribution in [3.05, 3.63) is 11.6 Å². The number of sulfonamides is 1. The lowest BCUT2D eigenvalue weighted by Gasteiger charge is -2.29. The van der Waals surface area contributed by atoms with E-state index in [9.17, 15) is 27.6 Å². The molecule has 1 heterocycles. The Kier molecular flexibility index (Phi) is 9.72. The van der Waals surface area contributed by atoms with Gasteiger partial charge in [-0.15, -0.1) is 0 Å². The molecule has 4 amide bonds. The van der Waals surface area contributed by atoms with Crippen LogP contribution in [0.25, 0.3) is 0 Å². The minimum Gasteiger partial charge on any atom is -0.444 e. The second-order valence-electron chi connectivity index (χ2n) is 12.2. The number of primary amides is 1. The van der Waals surface area contributed by atoms with E-state index in [1.54, 1.807) is 27.7 Å². The van der Waals surface area contributed by atoms with Crippen LogP contribution in [0.3, 0.4) is 0 Å². The van der Waals surface area contributed by atoms with Gasteiger partial charge in [0.1, 0.15) is 17.7 Å². The predicted molar refractivity (Wildman–Crippen MR) is 146 cm³/mol. The number of hydrogen-bond acceptors (Lipinski definition) is 7. The Balaban J connectivity index is 1.48. The van der Waals surface area contributed by atoms with E-state index in [2.05, 4.69) is 10.0 Å². The van der Waals surface area contributed by atoms with Crippen molar-refractivity contribution in [2.24, 2.45) is 11.7 Å². The number of nitrogens with one attached hydrogen (secondary N) is 2. The van der Waals surface area contributed by atoms with Gasteiger partial charge in [0.2, 0.25) is 27.7 Å². The number of carbonyl (C=O) groups is 4. The summed E-state index contributed by atoms with van der Waals surface area (Å²) in [6.45, 7) is 7.29. The van der Waals surface area contributed by atoms with Crippen molar-refractivity contribution in [3.8, 4) is 0 Å². The maximum atomic E-state index is 13.2. The molecular weight excluding hydrogens is 524 g/mol. The molecule has 0 aromatic rings. The van der Waals surface area contributed by atoms with Crippen molar-refractivity contribution in [2.45, 2.75) is 121 Å². The number of rotatable bonds is 12. The zero-order valence-electron chi connectivity index (χ0n) is 23.6. The first kappa shape index (κ1) is 30.9. The van der Waals surface area contributed by atoms with Crippen LogP contribution in [0, 0.1) is 5.92 Å². The van der Waals surface area contributed by atoms with E-state index in [0.717, 1.165) is 31.3 Å². The summed E-state index contributed by atoms with van der Waals surface area (Å²) in [5.41, 5.74) is 5.73. The third-order valence-corrected chi connectivity index (χ3v) is 9.96. The summed E-state index contributed by atoms with van der Waals surface area (Å²) in [5.74, 6) is -1.71. The fourth-order valence-corrected chi connectivity index (χ4v) is 6.25. The summed E-state index contributed by atoms with van der Waals surface area (Å²) in [4.78, 5) is 51.4. The Labute approximate surface area is 231 Å². The molecule has 12 heteroatoms. The molecule has 2 aliphatic carbocycles. The molecule has 3 rings (SSSR count). The largest absolute Gasteiger partial charge is 0.444 e. The van der Waals surface area contributed by atoms with Gasteiger partial charge in [0, 0.05) is 6.54 Å². The molecule has 0 spiro atoms.